The topological polar surface area (TPSA) is 9.23 Å². The number of hydrogen-bond acceptors (Lipinski definition) is 1. The molecule has 0 bridgehead atoms. The van der Waals surface area contributed by atoms with Gasteiger partial charge in [-0.25, -0.2) is 0 Å². The summed E-state index contributed by atoms with van der Waals surface area (Å²) in [5, 5.41) is 0. The van der Waals surface area contributed by atoms with E-state index in [4.69, 9.17) is 4.74 Å². The van der Waals surface area contributed by atoms with Crippen molar-refractivity contribution in [3.05, 3.63) is 72.4 Å². The first-order chi connectivity index (χ1) is 8.92. The van der Waals surface area contributed by atoms with Crippen molar-refractivity contribution in [3.63, 3.8) is 0 Å². The fourth-order valence-corrected chi connectivity index (χ4v) is 1.44. The number of methoxy groups -OCH3 is 1. The first kappa shape index (κ1) is 17.4. The lowest BCUT2D eigenvalue weighted by Crippen LogP contribution is -1.96. The minimum absolute atomic E-state index is 0.687. The summed E-state index contributed by atoms with van der Waals surface area (Å²) in [5.74, 6) is 0. The quantitative estimate of drug-likeness (QED) is 0.519. The van der Waals surface area contributed by atoms with Crippen LogP contribution in [-0.2, 0) is 4.74 Å². The van der Waals surface area contributed by atoms with Crippen molar-refractivity contribution in [1.82, 2.24) is 0 Å². The molecule has 0 fully saturated rings. The van der Waals surface area contributed by atoms with Crippen LogP contribution in [0.3, 0.4) is 0 Å². The maximum atomic E-state index is 5.13. The van der Waals surface area contributed by atoms with Crippen LogP contribution in [0, 0.1) is 0 Å². The number of allylic oxidation sites excluding steroid dienone is 7. The number of ether oxygens (including phenoxy) is 1. The largest absolute Gasteiger partial charge is 0.384 e. The summed E-state index contributed by atoms with van der Waals surface area (Å²) in [6, 6.07) is 0. The monoisotopic (exact) mass is 258 g/mol. The SMILES string of the molecule is C=C(C)/C=C\C(=C)C(=C)/C=C(/CCOC)C(=C)CC. The lowest BCUT2D eigenvalue weighted by atomic mass is 9.97. The fraction of sp³-hybridized carbons (Fsp3) is 0.333. The third kappa shape index (κ3) is 7.43. The second kappa shape index (κ2) is 9.35. The zero-order chi connectivity index (χ0) is 14.8. The minimum Gasteiger partial charge on any atom is -0.384 e. The van der Waals surface area contributed by atoms with Gasteiger partial charge in [0.05, 0.1) is 6.61 Å². The highest BCUT2D eigenvalue weighted by molar-refractivity contribution is 5.48. The van der Waals surface area contributed by atoms with E-state index in [1.54, 1.807) is 7.11 Å². The average Bonchev–Trinajstić information content (AvgIpc) is 2.39. The van der Waals surface area contributed by atoms with Crippen LogP contribution in [-0.4, -0.2) is 13.7 Å². The first-order valence-corrected chi connectivity index (χ1v) is 6.51. The Kier molecular flexibility index (Phi) is 8.56. The van der Waals surface area contributed by atoms with Crippen LogP contribution >= 0.6 is 0 Å². The molecule has 0 amide bonds. The van der Waals surface area contributed by atoms with Crippen molar-refractivity contribution in [2.45, 2.75) is 26.7 Å². The molecule has 0 N–H and O–H groups in total. The van der Waals surface area contributed by atoms with Crippen molar-refractivity contribution in [1.29, 1.82) is 0 Å². The molecule has 0 aromatic rings. The van der Waals surface area contributed by atoms with Crippen LogP contribution in [0.2, 0.25) is 0 Å². The van der Waals surface area contributed by atoms with Gasteiger partial charge in [-0.3, -0.25) is 0 Å². The van der Waals surface area contributed by atoms with Gasteiger partial charge in [0, 0.05) is 7.11 Å². The van der Waals surface area contributed by atoms with Crippen molar-refractivity contribution >= 4 is 0 Å². The van der Waals surface area contributed by atoms with Crippen LogP contribution in [0.15, 0.2) is 72.4 Å². The van der Waals surface area contributed by atoms with Crippen LogP contribution in [0.25, 0.3) is 0 Å². The summed E-state index contributed by atoms with van der Waals surface area (Å²) in [6.45, 7) is 20.7. The summed E-state index contributed by atoms with van der Waals surface area (Å²) in [6.07, 6.45) is 7.70. The highest BCUT2D eigenvalue weighted by atomic mass is 16.5. The van der Waals surface area contributed by atoms with Crippen molar-refractivity contribution in [2.75, 3.05) is 13.7 Å². The van der Waals surface area contributed by atoms with Crippen molar-refractivity contribution in [2.24, 2.45) is 0 Å². The molecule has 1 heteroatoms. The predicted octanol–water partition coefficient (Wildman–Crippen LogP) is 5.16. The first-order valence-electron chi connectivity index (χ1n) is 6.51. The molecule has 0 saturated carbocycles. The zero-order valence-corrected chi connectivity index (χ0v) is 12.6. The van der Waals surface area contributed by atoms with Gasteiger partial charge in [-0.1, -0.05) is 62.6 Å². The van der Waals surface area contributed by atoms with Crippen LogP contribution in [0.4, 0.5) is 0 Å². The van der Waals surface area contributed by atoms with E-state index >= 15 is 0 Å². The molecule has 0 saturated heterocycles. The van der Waals surface area contributed by atoms with E-state index < -0.39 is 0 Å². The van der Waals surface area contributed by atoms with E-state index in [0.29, 0.717) is 6.61 Å². The molecule has 0 aliphatic rings. The average molecular weight is 258 g/mol. The van der Waals surface area contributed by atoms with E-state index in [1.807, 2.05) is 19.1 Å². The Balaban J connectivity index is 4.91. The van der Waals surface area contributed by atoms with E-state index in [1.165, 1.54) is 5.57 Å². The zero-order valence-electron chi connectivity index (χ0n) is 12.6. The molecule has 0 aliphatic heterocycles. The second-order valence-corrected chi connectivity index (χ2v) is 4.60. The maximum Gasteiger partial charge on any atom is 0.0502 e. The smallest absolute Gasteiger partial charge is 0.0502 e. The fourth-order valence-electron chi connectivity index (χ4n) is 1.44. The molecule has 0 aromatic carbocycles. The lowest BCUT2D eigenvalue weighted by molar-refractivity contribution is 0.202. The molecular formula is C18H26O. The Morgan fingerprint density at radius 1 is 1.05 bits per heavy atom. The van der Waals surface area contributed by atoms with Crippen molar-refractivity contribution in [3.8, 4) is 0 Å². The van der Waals surface area contributed by atoms with E-state index in [0.717, 1.165) is 35.1 Å². The van der Waals surface area contributed by atoms with Crippen LogP contribution < -0.4 is 0 Å². The van der Waals surface area contributed by atoms with Gasteiger partial charge in [0.15, 0.2) is 0 Å². The molecule has 0 unspecified atom stereocenters. The molecule has 19 heavy (non-hydrogen) atoms. The Morgan fingerprint density at radius 2 is 1.68 bits per heavy atom. The van der Waals surface area contributed by atoms with E-state index in [2.05, 4.69) is 39.3 Å². The number of hydrogen-bond donors (Lipinski definition) is 0. The third-order valence-corrected chi connectivity index (χ3v) is 2.79. The van der Waals surface area contributed by atoms with Gasteiger partial charge in [0.1, 0.15) is 0 Å². The van der Waals surface area contributed by atoms with Crippen molar-refractivity contribution < 1.29 is 4.74 Å². The molecular weight excluding hydrogens is 232 g/mol. The van der Waals surface area contributed by atoms with Crippen LogP contribution in [0.5, 0.6) is 0 Å². The molecule has 104 valence electrons. The van der Waals surface area contributed by atoms with E-state index in [-0.39, 0.29) is 0 Å². The maximum absolute atomic E-state index is 5.13. The Bertz CT molecular complexity index is 419. The van der Waals surface area contributed by atoms with Gasteiger partial charge in [0.25, 0.3) is 0 Å². The standard InChI is InChI=1S/C18H26O/c1-8-15(4)18(11-12-19-7)13-17(6)16(5)10-9-14(2)3/h9-10,13H,2,4-6,8,11-12H2,1,3,7H3/b10-9-,18-13-. The van der Waals surface area contributed by atoms with Gasteiger partial charge in [-0.05, 0) is 36.5 Å². The van der Waals surface area contributed by atoms with Gasteiger partial charge in [-0.15, -0.1) is 0 Å². The summed E-state index contributed by atoms with van der Waals surface area (Å²) >= 11 is 0. The van der Waals surface area contributed by atoms with Gasteiger partial charge < -0.3 is 4.74 Å². The normalized spacial score (nSPS) is 11.6. The Labute approximate surface area is 118 Å². The third-order valence-electron chi connectivity index (χ3n) is 2.79. The molecule has 0 atom stereocenters. The molecule has 0 aliphatic carbocycles. The van der Waals surface area contributed by atoms with Gasteiger partial charge in [-0.2, -0.15) is 0 Å². The molecule has 0 radical (unpaired) electrons. The molecule has 0 rings (SSSR count). The summed E-state index contributed by atoms with van der Waals surface area (Å²) in [4.78, 5) is 0. The highest BCUT2D eigenvalue weighted by Gasteiger charge is 2.03. The molecule has 0 spiro atoms. The minimum atomic E-state index is 0.687. The van der Waals surface area contributed by atoms with Crippen LogP contribution in [0.1, 0.15) is 26.7 Å². The lowest BCUT2D eigenvalue weighted by Gasteiger charge is -2.10. The molecule has 1 nitrogen and oxygen atoms in total. The number of rotatable bonds is 9. The summed E-state index contributed by atoms with van der Waals surface area (Å²) in [7, 11) is 1.70. The molecule has 0 heterocycles. The Morgan fingerprint density at radius 3 is 2.16 bits per heavy atom. The predicted molar refractivity (Wildman–Crippen MR) is 86.2 cm³/mol. The molecule has 0 aromatic heterocycles. The van der Waals surface area contributed by atoms with Gasteiger partial charge >= 0.3 is 0 Å². The highest BCUT2D eigenvalue weighted by Crippen LogP contribution is 2.20. The Hall–Kier alpha value is -1.60. The second-order valence-electron chi connectivity index (χ2n) is 4.60. The van der Waals surface area contributed by atoms with E-state index in [9.17, 15) is 0 Å². The summed E-state index contributed by atoms with van der Waals surface area (Å²) in [5.41, 5.74) is 5.09. The van der Waals surface area contributed by atoms with Gasteiger partial charge in [0.2, 0.25) is 0 Å². The summed E-state index contributed by atoms with van der Waals surface area (Å²) < 4.78 is 5.13.